The lowest BCUT2D eigenvalue weighted by Gasteiger charge is -2.16. The summed E-state index contributed by atoms with van der Waals surface area (Å²) in [6, 6.07) is 7.22. The van der Waals surface area contributed by atoms with Gasteiger partial charge in [-0.15, -0.1) is 0 Å². The predicted molar refractivity (Wildman–Crippen MR) is 100.0 cm³/mol. The van der Waals surface area contributed by atoms with E-state index in [0.29, 0.717) is 23.1 Å². The van der Waals surface area contributed by atoms with Crippen LogP contribution in [-0.4, -0.2) is 25.7 Å². The summed E-state index contributed by atoms with van der Waals surface area (Å²) in [6.07, 6.45) is 4.72. The first-order valence-corrected chi connectivity index (χ1v) is 8.42. The Morgan fingerprint density at radius 2 is 1.81 bits per heavy atom. The van der Waals surface area contributed by atoms with Gasteiger partial charge >= 0.3 is 0 Å². The third-order valence-electron chi connectivity index (χ3n) is 3.92. The number of carbonyl (C=O) groups is 1. The topological polar surface area (TPSA) is 89.8 Å². The maximum Gasteiger partial charge on any atom is 0.226 e. The van der Waals surface area contributed by atoms with Crippen LogP contribution in [0.25, 0.3) is 10.9 Å². The molecule has 26 heavy (non-hydrogen) atoms. The number of para-hydroxylation sites is 1. The number of amides is 1. The van der Waals surface area contributed by atoms with Gasteiger partial charge in [0.1, 0.15) is 5.82 Å². The third kappa shape index (κ3) is 3.93. The minimum absolute atomic E-state index is 0.127. The van der Waals surface area contributed by atoms with Crippen LogP contribution in [0.4, 0.5) is 5.69 Å². The summed E-state index contributed by atoms with van der Waals surface area (Å²) in [5, 5.41) is 7.50. The lowest BCUT2D eigenvalue weighted by atomic mass is 9.96. The number of nitrogens with zero attached hydrogens (tertiary/aromatic N) is 4. The van der Waals surface area contributed by atoms with Crippen LogP contribution in [0.1, 0.15) is 33.0 Å². The van der Waals surface area contributed by atoms with Gasteiger partial charge in [-0.05, 0) is 12.1 Å². The van der Waals surface area contributed by atoms with Gasteiger partial charge in [0.2, 0.25) is 11.3 Å². The molecule has 134 valence electrons. The SMILES string of the molecule is CC(C)(C)c1ncc(NC(=O)CCn2ncc(=O)c3ccccc32)cn1. The summed E-state index contributed by atoms with van der Waals surface area (Å²) in [4.78, 5) is 32.6. The van der Waals surface area contributed by atoms with E-state index in [1.165, 1.54) is 6.20 Å². The number of nitrogens with one attached hydrogen (secondary N) is 1. The number of rotatable bonds is 4. The Balaban J connectivity index is 1.66. The number of hydrogen-bond acceptors (Lipinski definition) is 5. The van der Waals surface area contributed by atoms with Crippen molar-refractivity contribution in [3.05, 3.63) is 58.9 Å². The fourth-order valence-corrected chi connectivity index (χ4v) is 2.55. The Bertz CT molecular complexity index is 987. The van der Waals surface area contributed by atoms with Gasteiger partial charge in [-0.2, -0.15) is 5.10 Å². The third-order valence-corrected chi connectivity index (χ3v) is 3.92. The molecule has 0 radical (unpaired) electrons. The van der Waals surface area contributed by atoms with E-state index < -0.39 is 0 Å². The predicted octanol–water partition coefficient (Wildman–Crippen LogP) is 2.51. The molecule has 0 aliphatic heterocycles. The van der Waals surface area contributed by atoms with E-state index in [1.54, 1.807) is 23.1 Å². The van der Waals surface area contributed by atoms with E-state index in [1.807, 2.05) is 39.0 Å². The minimum atomic E-state index is -0.165. The van der Waals surface area contributed by atoms with Gasteiger partial charge in [-0.1, -0.05) is 32.9 Å². The molecule has 0 fully saturated rings. The first kappa shape index (κ1) is 17.7. The molecule has 2 aromatic heterocycles. The Kier molecular flexibility index (Phi) is 4.79. The van der Waals surface area contributed by atoms with Crippen molar-refractivity contribution < 1.29 is 4.79 Å². The van der Waals surface area contributed by atoms with Gasteiger partial charge in [0.25, 0.3) is 0 Å². The summed E-state index contributed by atoms with van der Waals surface area (Å²) >= 11 is 0. The summed E-state index contributed by atoms with van der Waals surface area (Å²) < 4.78 is 1.66. The van der Waals surface area contributed by atoms with Crippen molar-refractivity contribution in [1.29, 1.82) is 0 Å². The number of aromatic nitrogens is 4. The maximum absolute atomic E-state index is 12.2. The van der Waals surface area contributed by atoms with Gasteiger partial charge in [0.05, 0.1) is 36.3 Å². The van der Waals surface area contributed by atoms with Crippen molar-refractivity contribution in [2.45, 2.75) is 39.2 Å². The lowest BCUT2D eigenvalue weighted by molar-refractivity contribution is -0.116. The average molecular weight is 351 g/mol. The smallest absolute Gasteiger partial charge is 0.226 e. The highest BCUT2D eigenvalue weighted by Crippen LogP contribution is 2.18. The van der Waals surface area contributed by atoms with E-state index in [-0.39, 0.29) is 23.2 Å². The molecule has 0 spiro atoms. The minimum Gasteiger partial charge on any atom is -0.323 e. The van der Waals surface area contributed by atoms with E-state index in [2.05, 4.69) is 20.4 Å². The molecule has 1 aromatic carbocycles. The maximum atomic E-state index is 12.2. The van der Waals surface area contributed by atoms with Crippen LogP contribution in [-0.2, 0) is 16.8 Å². The molecule has 0 aliphatic carbocycles. The lowest BCUT2D eigenvalue weighted by Crippen LogP contribution is -2.19. The Morgan fingerprint density at radius 3 is 2.50 bits per heavy atom. The normalized spacial score (nSPS) is 11.5. The van der Waals surface area contributed by atoms with Crippen LogP contribution in [0.15, 0.2) is 47.7 Å². The summed E-state index contributed by atoms with van der Waals surface area (Å²) in [7, 11) is 0. The summed E-state index contributed by atoms with van der Waals surface area (Å²) in [5.74, 6) is 0.557. The first-order chi connectivity index (χ1) is 12.3. The monoisotopic (exact) mass is 351 g/mol. The molecule has 3 aromatic rings. The van der Waals surface area contributed by atoms with Crippen LogP contribution in [0, 0.1) is 0 Å². The number of benzene rings is 1. The molecular weight excluding hydrogens is 330 g/mol. The molecule has 0 aliphatic rings. The molecule has 3 rings (SSSR count). The molecule has 1 amide bonds. The second-order valence-electron chi connectivity index (χ2n) is 7.09. The number of aryl methyl sites for hydroxylation is 1. The van der Waals surface area contributed by atoms with E-state index >= 15 is 0 Å². The molecule has 7 heteroatoms. The van der Waals surface area contributed by atoms with Crippen LogP contribution in [0.3, 0.4) is 0 Å². The quantitative estimate of drug-likeness (QED) is 0.780. The highest BCUT2D eigenvalue weighted by atomic mass is 16.1. The van der Waals surface area contributed by atoms with Crippen molar-refractivity contribution >= 4 is 22.5 Å². The number of carbonyl (C=O) groups excluding carboxylic acids is 1. The number of hydrogen-bond donors (Lipinski definition) is 1. The van der Waals surface area contributed by atoms with Gasteiger partial charge in [0, 0.05) is 17.2 Å². The zero-order valence-electron chi connectivity index (χ0n) is 15.1. The van der Waals surface area contributed by atoms with Gasteiger partial charge in [-0.3, -0.25) is 14.3 Å². The van der Waals surface area contributed by atoms with E-state index in [9.17, 15) is 9.59 Å². The zero-order chi connectivity index (χ0) is 18.7. The molecular formula is C19H21N5O2. The highest BCUT2D eigenvalue weighted by molar-refractivity contribution is 5.90. The zero-order valence-corrected chi connectivity index (χ0v) is 15.1. The second-order valence-corrected chi connectivity index (χ2v) is 7.09. The molecule has 7 nitrogen and oxygen atoms in total. The van der Waals surface area contributed by atoms with Crippen molar-refractivity contribution in [3.8, 4) is 0 Å². The van der Waals surface area contributed by atoms with Gasteiger partial charge in [-0.25, -0.2) is 9.97 Å². The van der Waals surface area contributed by atoms with Crippen molar-refractivity contribution in [3.63, 3.8) is 0 Å². The van der Waals surface area contributed by atoms with E-state index in [4.69, 9.17) is 0 Å². The fraction of sp³-hybridized carbons (Fsp3) is 0.316. The van der Waals surface area contributed by atoms with Gasteiger partial charge < -0.3 is 5.32 Å². The first-order valence-electron chi connectivity index (χ1n) is 8.42. The number of anilines is 1. The van der Waals surface area contributed by atoms with Gasteiger partial charge in [0.15, 0.2) is 0 Å². The van der Waals surface area contributed by atoms with Crippen molar-refractivity contribution in [2.75, 3.05) is 5.32 Å². The molecule has 0 saturated carbocycles. The van der Waals surface area contributed by atoms with Crippen molar-refractivity contribution in [2.24, 2.45) is 0 Å². The average Bonchev–Trinajstić information content (AvgIpc) is 2.61. The summed E-state index contributed by atoms with van der Waals surface area (Å²) in [6.45, 7) is 6.46. The molecule has 0 bridgehead atoms. The Labute approximate surface area is 151 Å². The fourth-order valence-electron chi connectivity index (χ4n) is 2.55. The molecule has 2 heterocycles. The molecule has 1 N–H and O–H groups in total. The largest absolute Gasteiger partial charge is 0.323 e. The van der Waals surface area contributed by atoms with Crippen LogP contribution in [0.5, 0.6) is 0 Å². The van der Waals surface area contributed by atoms with Crippen LogP contribution >= 0.6 is 0 Å². The van der Waals surface area contributed by atoms with Crippen molar-refractivity contribution in [1.82, 2.24) is 19.7 Å². The molecule has 0 atom stereocenters. The standard InChI is InChI=1S/C19H21N5O2/c1-19(2,3)18-20-10-13(11-21-18)23-17(26)8-9-24-15-7-5-4-6-14(15)16(25)12-22-24/h4-7,10-12H,8-9H2,1-3H3,(H,23,26). The molecule has 0 unspecified atom stereocenters. The Hall–Kier alpha value is -3.09. The highest BCUT2D eigenvalue weighted by Gasteiger charge is 2.17. The molecule has 0 saturated heterocycles. The Morgan fingerprint density at radius 1 is 1.12 bits per heavy atom. The number of fused-ring (bicyclic) bond motifs is 1. The second kappa shape index (κ2) is 7.03. The summed E-state index contributed by atoms with van der Waals surface area (Å²) in [5.41, 5.74) is 1.00. The van der Waals surface area contributed by atoms with E-state index in [0.717, 1.165) is 5.82 Å². The van der Waals surface area contributed by atoms with Crippen LogP contribution in [0.2, 0.25) is 0 Å². The van der Waals surface area contributed by atoms with Crippen LogP contribution < -0.4 is 10.7 Å².